The molecule has 0 aliphatic heterocycles. The number of aliphatic carboxylic acids is 1. The Labute approximate surface area is 74.9 Å². The van der Waals surface area contributed by atoms with Crippen LogP contribution in [0, 0.1) is 0 Å². The lowest BCUT2D eigenvalue weighted by atomic mass is 10.1. The summed E-state index contributed by atoms with van der Waals surface area (Å²) in [4.78, 5) is 10.7. The molecule has 66 valence electrons. The molecule has 0 fully saturated rings. The molecule has 1 aromatic rings. The second-order valence-corrected chi connectivity index (χ2v) is 2.97. The number of carboxylic acid groups (broad SMARTS) is 1. The summed E-state index contributed by atoms with van der Waals surface area (Å²) in [7, 11) is 0. The molecule has 1 aromatic carbocycles. The van der Waals surface area contributed by atoms with Crippen LogP contribution in [0.4, 0.5) is 0 Å². The fourth-order valence-corrected chi connectivity index (χ4v) is 1.52. The van der Waals surface area contributed by atoms with Gasteiger partial charge in [-0.05, 0) is 5.56 Å². The highest BCUT2D eigenvalue weighted by atomic mass is 16.4. The van der Waals surface area contributed by atoms with Crippen LogP contribution in [-0.2, 0) is 11.2 Å². The van der Waals surface area contributed by atoms with Crippen LogP contribution in [0.25, 0.3) is 5.76 Å². The zero-order chi connectivity index (χ0) is 9.42. The number of benzene rings is 1. The lowest BCUT2D eigenvalue weighted by Gasteiger charge is -1.96. The van der Waals surface area contributed by atoms with Crippen LogP contribution in [0.2, 0.25) is 0 Å². The average molecular weight is 176 g/mol. The van der Waals surface area contributed by atoms with E-state index in [9.17, 15) is 9.90 Å². The van der Waals surface area contributed by atoms with Crippen LogP contribution in [0.15, 0.2) is 29.8 Å². The zero-order valence-electron chi connectivity index (χ0n) is 6.82. The van der Waals surface area contributed by atoms with Gasteiger partial charge in [-0.3, -0.25) is 0 Å². The Morgan fingerprint density at radius 3 is 2.62 bits per heavy atom. The second-order valence-electron chi connectivity index (χ2n) is 2.97. The molecule has 0 bridgehead atoms. The van der Waals surface area contributed by atoms with E-state index in [2.05, 4.69) is 0 Å². The molecule has 0 spiro atoms. The molecule has 0 unspecified atom stereocenters. The fourth-order valence-electron chi connectivity index (χ4n) is 1.52. The van der Waals surface area contributed by atoms with E-state index in [1.54, 1.807) is 12.1 Å². The predicted molar refractivity (Wildman–Crippen MR) is 47.3 cm³/mol. The number of aliphatic hydroxyl groups excluding tert-OH is 1. The van der Waals surface area contributed by atoms with E-state index in [0.717, 1.165) is 5.56 Å². The van der Waals surface area contributed by atoms with Crippen molar-refractivity contribution < 1.29 is 15.0 Å². The van der Waals surface area contributed by atoms with Gasteiger partial charge in [-0.15, -0.1) is 0 Å². The first-order valence-electron chi connectivity index (χ1n) is 3.94. The Kier molecular flexibility index (Phi) is 1.59. The van der Waals surface area contributed by atoms with Gasteiger partial charge >= 0.3 is 5.97 Å². The maximum Gasteiger partial charge on any atom is 0.335 e. The third kappa shape index (κ3) is 1.09. The van der Waals surface area contributed by atoms with Crippen molar-refractivity contribution in [1.29, 1.82) is 0 Å². The lowest BCUT2D eigenvalue weighted by Crippen LogP contribution is -2.01. The van der Waals surface area contributed by atoms with Gasteiger partial charge in [-0.2, -0.15) is 0 Å². The summed E-state index contributed by atoms with van der Waals surface area (Å²) in [5.41, 5.74) is 1.60. The molecule has 13 heavy (non-hydrogen) atoms. The van der Waals surface area contributed by atoms with Crippen molar-refractivity contribution in [2.24, 2.45) is 0 Å². The molecule has 0 radical (unpaired) electrons. The monoisotopic (exact) mass is 176 g/mol. The Hall–Kier alpha value is -1.77. The summed E-state index contributed by atoms with van der Waals surface area (Å²) < 4.78 is 0. The van der Waals surface area contributed by atoms with Gasteiger partial charge in [0.05, 0.1) is 5.57 Å². The average Bonchev–Trinajstić information content (AvgIpc) is 2.45. The van der Waals surface area contributed by atoms with Gasteiger partial charge in [0.1, 0.15) is 5.76 Å². The smallest absolute Gasteiger partial charge is 0.335 e. The van der Waals surface area contributed by atoms with Crippen molar-refractivity contribution >= 4 is 11.7 Å². The molecular weight excluding hydrogens is 168 g/mol. The van der Waals surface area contributed by atoms with Gasteiger partial charge in [0, 0.05) is 12.0 Å². The fraction of sp³-hybridized carbons (Fsp3) is 0.100. The quantitative estimate of drug-likeness (QED) is 0.683. The van der Waals surface area contributed by atoms with E-state index in [4.69, 9.17) is 5.11 Å². The highest BCUT2D eigenvalue weighted by Crippen LogP contribution is 2.30. The summed E-state index contributed by atoms with van der Waals surface area (Å²) in [6.45, 7) is 0. The minimum absolute atomic E-state index is 0.0844. The number of hydrogen-bond donors (Lipinski definition) is 2. The van der Waals surface area contributed by atoms with E-state index in [0.29, 0.717) is 12.0 Å². The van der Waals surface area contributed by atoms with Crippen molar-refractivity contribution in [3.63, 3.8) is 0 Å². The van der Waals surface area contributed by atoms with Crippen molar-refractivity contribution in [3.05, 3.63) is 41.0 Å². The largest absolute Gasteiger partial charge is 0.507 e. The maximum atomic E-state index is 10.7. The standard InChI is InChI=1S/C10H8O3/c11-9-7-4-2-1-3-6(7)5-8(9)10(12)13/h1-4,11H,5H2,(H,12,13). The van der Waals surface area contributed by atoms with Crippen molar-refractivity contribution in [2.45, 2.75) is 6.42 Å². The van der Waals surface area contributed by atoms with E-state index < -0.39 is 5.97 Å². The first-order valence-corrected chi connectivity index (χ1v) is 3.94. The number of carbonyl (C=O) groups is 1. The number of hydrogen-bond acceptors (Lipinski definition) is 2. The number of aliphatic hydroxyl groups is 1. The van der Waals surface area contributed by atoms with Gasteiger partial charge in [-0.25, -0.2) is 4.79 Å². The lowest BCUT2D eigenvalue weighted by molar-refractivity contribution is -0.132. The summed E-state index contributed by atoms with van der Waals surface area (Å²) in [5, 5.41) is 18.2. The van der Waals surface area contributed by atoms with Crippen molar-refractivity contribution in [2.75, 3.05) is 0 Å². The van der Waals surface area contributed by atoms with Crippen LogP contribution < -0.4 is 0 Å². The topological polar surface area (TPSA) is 57.5 Å². The predicted octanol–water partition coefficient (Wildman–Crippen LogP) is 1.60. The molecule has 1 aliphatic rings. The minimum Gasteiger partial charge on any atom is -0.507 e. The van der Waals surface area contributed by atoms with E-state index in [1.807, 2.05) is 12.1 Å². The molecule has 0 saturated heterocycles. The van der Waals surface area contributed by atoms with Crippen LogP contribution in [-0.4, -0.2) is 16.2 Å². The van der Waals surface area contributed by atoms with Gasteiger partial charge < -0.3 is 10.2 Å². The summed E-state index contributed by atoms with van der Waals surface area (Å²) in [6, 6.07) is 7.15. The first kappa shape index (κ1) is 7.86. The van der Waals surface area contributed by atoms with Gasteiger partial charge in [0.15, 0.2) is 0 Å². The van der Waals surface area contributed by atoms with Crippen LogP contribution in [0.3, 0.4) is 0 Å². The zero-order valence-corrected chi connectivity index (χ0v) is 6.82. The molecule has 2 N–H and O–H groups in total. The Morgan fingerprint density at radius 2 is 2.00 bits per heavy atom. The van der Waals surface area contributed by atoms with Gasteiger partial charge in [-0.1, -0.05) is 24.3 Å². The molecular formula is C10H8O3. The molecule has 2 rings (SSSR count). The molecule has 0 saturated carbocycles. The minimum atomic E-state index is -1.05. The van der Waals surface area contributed by atoms with Crippen molar-refractivity contribution in [3.8, 4) is 0 Å². The Morgan fingerprint density at radius 1 is 1.31 bits per heavy atom. The molecule has 0 atom stereocenters. The molecule has 3 heteroatoms. The maximum absolute atomic E-state index is 10.7. The molecule has 1 aliphatic carbocycles. The van der Waals surface area contributed by atoms with Crippen LogP contribution in [0.5, 0.6) is 0 Å². The van der Waals surface area contributed by atoms with Crippen molar-refractivity contribution in [1.82, 2.24) is 0 Å². The summed E-state index contributed by atoms with van der Waals surface area (Å²) in [5.74, 6) is -1.14. The normalized spacial score (nSPS) is 14.5. The summed E-state index contributed by atoms with van der Waals surface area (Å²) >= 11 is 0. The number of fused-ring (bicyclic) bond motifs is 1. The Bertz CT molecular complexity index is 404. The SMILES string of the molecule is O=C(O)C1=C(O)c2ccccc2C1. The van der Waals surface area contributed by atoms with E-state index >= 15 is 0 Å². The number of carboxylic acids is 1. The second kappa shape index (κ2) is 2.62. The molecule has 0 heterocycles. The van der Waals surface area contributed by atoms with E-state index in [-0.39, 0.29) is 11.3 Å². The van der Waals surface area contributed by atoms with Gasteiger partial charge in [0.2, 0.25) is 0 Å². The van der Waals surface area contributed by atoms with Crippen LogP contribution >= 0.6 is 0 Å². The third-order valence-electron chi connectivity index (χ3n) is 2.18. The third-order valence-corrected chi connectivity index (χ3v) is 2.18. The van der Waals surface area contributed by atoms with Crippen LogP contribution in [0.1, 0.15) is 11.1 Å². The Balaban J connectivity index is 2.53. The molecule has 0 aromatic heterocycles. The highest BCUT2D eigenvalue weighted by Gasteiger charge is 2.24. The van der Waals surface area contributed by atoms with E-state index in [1.165, 1.54) is 0 Å². The summed E-state index contributed by atoms with van der Waals surface area (Å²) in [6.07, 6.45) is 0.317. The van der Waals surface area contributed by atoms with Gasteiger partial charge in [0.25, 0.3) is 0 Å². The first-order chi connectivity index (χ1) is 6.20. The highest BCUT2D eigenvalue weighted by molar-refractivity contribution is 5.97. The molecule has 3 nitrogen and oxygen atoms in total. The molecule has 0 amide bonds. The number of rotatable bonds is 1.